The maximum Gasteiger partial charge on any atom is 0.184 e. The van der Waals surface area contributed by atoms with Gasteiger partial charge < -0.3 is 15.2 Å². The summed E-state index contributed by atoms with van der Waals surface area (Å²) >= 11 is 0. The van der Waals surface area contributed by atoms with Crippen molar-refractivity contribution in [2.45, 2.75) is 39.9 Å². The molecule has 1 aromatic carbocycles. The van der Waals surface area contributed by atoms with Crippen molar-refractivity contribution >= 4 is 11.7 Å². The number of rotatable bonds is 7. The second kappa shape index (κ2) is 8.61. The van der Waals surface area contributed by atoms with Gasteiger partial charge >= 0.3 is 0 Å². The van der Waals surface area contributed by atoms with Crippen LogP contribution in [0, 0.1) is 0 Å². The van der Waals surface area contributed by atoms with E-state index in [2.05, 4.69) is 4.98 Å². The predicted octanol–water partition coefficient (Wildman–Crippen LogP) is 4.42. The van der Waals surface area contributed by atoms with E-state index in [0.717, 1.165) is 28.3 Å². The van der Waals surface area contributed by atoms with Gasteiger partial charge in [-0.2, -0.15) is 5.10 Å². The van der Waals surface area contributed by atoms with E-state index in [9.17, 15) is 0 Å². The highest BCUT2D eigenvalue weighted by Gasteiger charge is 2.06. The molecule has 0 aliphatic rings. The van der Waals surface area contributed by atoms with Gasteiger partial charge in [0.25, 0.3) is 0 Å². The van der Waals surface area contributed by atoms with Gasteiger partial charge in [0, 0.05) is 5.56 Å². The quantitative estimate of drug-likeness (QED) is 0.486. The number of benzene rings is 1. The summed E-state index contributed by atoms with van der Waals surface area (Å²) in [6, 6.07) is 11.8. The molecule has 0 saturated heterocycles. The Labute approximate surface area is 165 Å². The zero-order valence-electron chi connectivity index (χ0n) is 16.7. The third kappa shape index (κ3) is 4.91. The summed E-state index contributed by atoms with van der Waals surface area (Å²) in [5, 5.41) is 4.72. The third-order valence-electron chi connectivity index (χ3n) is 3.81. The molecule has 0 amide bonds. The molecular weight excluding hydrogens is 352 g/mol. The SMILES string of the molecule is CC(C)O/C(N)=C/C=C/c1cnc2ccc(-c3ccc(OC(C)C)cc3)nn12. The van der Waals surface area contributed by atoms with Crippen molar-refractivity contribution in [3.63, 3.8) is 0 Å². The first-order valence-electron chi connectivity index (χ1n) is 9.35. The third-order valence-corrected chi connectivity index (χ3v) is 3.81. The van der Waals surface area contributed by atoms with Crippen LogP contribution in [-0.2, 0) is 4.74 Å². The Hall–Kier alpha value is -3.28. The molecule has 0 aliphatic carbocycles. The lowest BCUT2D eigenvalue weighted by Gasteiger charge is -2.10. The van der Waals surface area contributed by atoms with Gasteiger partial charge in [-0.15, -0.1) is 0 Å². The Kier molecular flexibility index (Phi) is 5.99. The molecule has 3 rings (SSSR count). The molecule has 0 bridgehead atoms. The Bertz CT molecular complexity index is 985. The van der Waals surface area contributed by atoms with Crippen LogP contribution in [0.25, 0.3) is 23.0 Å². The summed E-state index contributed by atoms with van der Waals surface area (Å²) in [7, 11) is 0. The highest BCUT2D eigenvalue weighted by molar-refractivity contribution is 5.62. The monoisotopic (exact) mass is 378 g/mol. The van der Waals surface area contributed by atoms with Crippen molar-refractivity contribution in [2.75, 3.05) is 0 Å². The van der Waals surface area contributed by atoms with Crippen molar-refractivity contribution < 1.29 is 9.47 Å². The van der Waals surface area contributed by atoms with Crippen LogP contribution >= 0.6 is 0 Å². The number of allylic oxidation sites excluding steroid dienone is 2. The van der Waals surface area contributed by atoms with Gasteiger partial charge in [0.2, 0.25) is 0 Å². The summed E-state index contributed by atoms with van der Waals surface area (Å²) in [6.07, 6.45) is 7.41. The first-order chi connectivity index (χ1) is 13.4. The van der Waals surface area contributed by atoms with Crippen LogP contribution in [0.4, 0.5) is 0 Å². The van der Waals surface area contributed by atoms with E-state index in [-0.39, 0.29) is 12.2 Å². The first-order valence-corrected chi connectivity index (χ1v) is 9.35. The lowest BCUT2D eigenvalue weighted by molar-refractivity contribution is 0.145. The molecule has 28 heavy (non-hydrogen) atoms. The van der Waals surface area contributed by atoms with Crippen molar-refractivity contribution in [2.24, 2.45) is 5.73 Å². The van der Waals surface area contributed by atoms with Gasteiger partial charge in [-0.05, 0) is 76.2 Å². The molecule has 0 fully saturated rings. The van der Waals surface area contributed by atoms with Gasteiger partial charge in [0.15, 0.2) is 11.5 Å². The molecule has 0 atom stereocenters. The number of nitrogens with two attached hydrogens (primary N) is 1. The molecule has 0 unspecified atom stereocenters. The maximum absolute atomic E-state index is 5.81. The number of nitrogens with zero attached hydrogens (tertiary/aromatic N) is 3. The Morgan fingerprint density at radius 1 is 1.04 bits per heavy atom. The second-order valence-electron chi connectivity index (χ2n) is 6.96. The van der Waals surface area contributed by atoms with E-state index in [4.69, 9.17) is 20.3 Å². The van der Waals surface area contributed by atoms with Crippen LogP contribution in [0.5, 0.6) is 5.75 Å². The lowest BCUT2D eigenvalue weighted by Crippen LogP contribution is -2.08. The van der Waals surface area contributed by atoms with Crippen LogP contribution in [0.1, 0.15) is 33.4 Å². The molecular formula is C22H26N4O2. The largest absolute Gasteiger partial charge is 0.491 e. The highest BCUT2D eigenvalue weighted by atomic mass is 16.5. The molecule has 146 valence electrons. The van der Waals surface area contributed by atoms with E-state index >= 15 is 0 Å². The molecule has 3 aromatic rings. The molecule has 2 heterocycles. The van der Waals surface area contributed by atoms with Crippen LogP contribution < -0.4 is 10.5 Å². The van der Waals surface area contributed by atoms with Crippen LogP contribution in [0.3, 0.4) is 0 Å². The average Bonchev–Trinajstić information content (AvgIpc) is 3.03. The summed E-state index contributed by atoms with van der Waals surface area (Å²) in [4.78, 5) is 4.39. The Morgan fingerprint density at radius 2 is 1.79 bits per heavy atom. The Morgan fingerprint density at radius 3 is 2.46 bits per heavy atom. The lowest BCUT2D eigenvalue weighted by atomic mass is 10.1. The minimum atomic E-state index is 0.0435. The standard InChI is InChI=1S/C22H26N4O2/c1-15(2)27-19-10-8-17(9-11-19)20-12-13-22-24-14-18(26(22)25-20)6-5-7-21(23)28-16(3)4/h5-16H,23H2,1-4H3/b6-5+,21-7+. The van der Waals surface area contributed by atoms with Crippen LogP contribution in [-0.4, -0.2) is 26.8 Å². The number of fused-ring (bicyclic) bond motifs is 1. The molecule has 0 saturated carbocycles. The van der Waals surface area contributed by atoms with Crippen LogP contribution in [0.15, 0.2) is 60.6 Å². The maximum atomic E-state index is 5.81. The fourth-order valence-electron chi connectivity index (χ4n) is 2.69. The predicted molar refractivity (Wildman–Crippen MR) is 112 cm³/mol. The van der Waals surface area contributed by atoms with E-state index < -0.39 is 0 Å². The normalized spacial score (nSPS) is 12.4. The van der Waals surface area contributed by atoms with Crippen molar-refractivity contribution in [3.8, 4) is 17.0 Å². The van der Waals surface area contributed by atoms with E-state index in [0.29, 0.717) is 5.88 Å². The molecule has 6 nitrogen and oxygen atoms in total. The highest BCUT2D eigenvalue weighted by Crippen LogP contribution is 2.22. The number of hydrogen-bond donors (Lipinski definition) is 1. The number of hydrogen-bond acceptors (Lipinski definition) is 5. The first kappa shape index (κ1) is 19.5. The van der Waals surface area contributed by atoms with Gasteiger partial charge in [0.1, 0.15) is 5.75 Å². The summed E-state index contributed by atoms with van der Waals surface area (Å²) in [6.45, 7) is 7.88. The van der Waals surface area contributed by atoms with E-state index in [1.807, 2.05) is 76.2 Å². The summed E-state index contributed by atoms with van der Waals surface area (Å²) in [5.74, 6) is 1.22. The smallest absolute Gasteiger partial charge is 0.184 e. The zero-order valence-corrected chi connectivity index (χ0v) is 16.7. The Balaban J connectivity index is 1.84. The molecule has 2 N–H and O–H groups in total. The number of aromatic nitrogens is 3. The minimum Gasteiger partial charge on any atom is -0.491 e. The fourth-order valence-corrected chi connectivity index (χ4v) is 2.69. The summed E-state index contributed by atoms with van der Waals surface area (Å²) in [5.41, 5.74) is 9.30. The second-order valence-corrected chi connectivity index (χ2v) is 6.96. The van der Waals surface area contributed by atoms with Gasteiger partial charge in [-0.3, -0.25) is 0 Å². The topological polar surface area (TPSA) is 74.7 Å². The van der Waals surface area contributed by atoms with Gasteiger partial charge in [-0.1, -0.05) is 6.08 Å². The van der Waals surface area contributed by atoms with Crippen LogP contribution in [0.2, 0.25) is 0 Å². The number of ether oxygens (including phenoxy) is 2. The van der Waals surface area contributed by atoms with Crippen molar-refractivity contribution in [1.82, 2.24) is 14.6 Å². The molecule has 0 spiro atoms. The number of imidazole rings is 1. The van der Waals surface area contributed by atoms with E-state index in [1.54, 1.807) is 16.8 Å². The minimum absolute atomic E-state index is 0.0435. The molecule has 0 radical (unpaired) electrons. The van der Waals surface area contributed by atoms with Gasteiger partial charge in [-0.25, -0.2) is 9.50 Å². The molecule has 6 heteroatoms. The fraction of sp³-hybridized carbons (Fsp3) is 0.273. The summed E-state index contributed by atoms with van der Waals surface area (Å²) < 4.78 is 12.9. The van der Waals surface area contributed by atoms with Gasteiger partial charge in [0.05, 0.1) is 29.8 Å². The van der Waals surface area contributed by atoms with Crippen molar-refractivity contribution in [3.05, 3.63) is 66.3 Å². The van der Waals surface area contributed by atoms with Crippen molar-refractivity contribution in [1.29, 1.82) is 0 Å². The molecule has 2 aromatic heterocycles. The molecule has 0 aliphatic heterocycles. The van der Waals surface area contributed by atoms with E-state index in [1.165, 1.54) is 0 Å². The average molecular weight is 378 g/mol. The zero-order chi connectivity index (χ0) is 20.1.